The minimum atomic E-state index is 0.571. The van der Waals surface area contributed by atoms with Gasteiger partial charge in [-0.2, -0.15) is 0 Å². The van der Waals surface area contributed by atoms with Crippen LogP contribution < -0.4 is 10.6 Å². The molecule has 0 saturated heterocycles. The van der Waals surface area contributed by atoms with Crippen LogP contribution in [0.15, 0.2) is 11.2 Å². The minimum absolute atomic E-state index is 0.571. The number of nitrogens with zero attached hydrogens (tertiary/aromatic N) is 2. The molecule has 1 aliphatic carbocycles. The van der Waals surface area contributed by atoms with Gasteiger partial charge in [-0.15, -0.1) is 11.3 Å². The number of thiazole rings is 1. The molecular weight excluding hydrogens is 292 g/mol. The molecule has 0 radical (unpaired) electrons. The molecule has 1 aromatic rings. The first kappa shape index (κ1) is 17.3. The summed E-state index contributed by atoms with van der Waals surface area (Å²) < 4.78 is 0. The zero-order valence-corrected chi connectivity index (χ0v) is 15.0. The monoisotopic (exact) mass is 322 g/mol. The zero-order chi connectivity index (χ0) is 15.8. The molecule has 1 heterocycles. The van der Waals surface area contributed by atoms with E-state index in [1.807, 2.05) is 13.2 Å². The Morgan fingerprint density at radius 3 is 2.68 bits per heavy atom. The van der Waals surface area contributed by atoms with Gasteiger partial charge in [0.05, 0.1) is 6.54 Å². The highest BCUT2D eigenvalue weighted by molar-refractivity contribution is 7.11. The third kappa shape index (κ3) is 5.27. The Labute approximate surface area is 138 Å². The number of aromatic nitrogens is 1. The van der Waals surface area contributed by atoms with Crippen LogP contribution in [0.1, 0.15) is 62.3 Å². The Morgan fingerprint density at radius 2 is 2.09 bits per heavy atom. The van der Waals surface area contributed by atoms with Crippen LogP contribution >= 0.6 is 11.3 Å². The predicted molar refractivity (Wildman–Crippen MR) is 95.5 cm³/mol. The van der Waals surface area contributed by atoms with Crippen molar-refractivity contribution < 1.29 is 0 Å². The first-order chi connectivity index (χ1) is 10.7. The van der Waals surface area contributed by atoms with Crippen LogP contribution in [0.4, 0.5) is 0 Å². The standard InChI is InChI=1S/C17H30N4S/c1-4-6-13-7-9-14(10-8-13)21-17(18-3)20-12-16-19-11-15(5-2)22-16/h11,13-14H,4-10,12H2,1-3H3,(H2,18,20,21). The lowest BCUT2D eigenvalue weighted by atomic mass is 9.83. The van der Waals surface area contributed by atoms with E-state index in [-0.39, 0.29) is 0 Å². The summed E-state index contributed by atoms with van der Waals surface area (Å²) in [6, 6.07) is 0.571. The summed E-state index contributed by atoms with van der Waals surface area (Å²) in [5, 5.41) is 8.10. The molecule has 1 aliphatic rings. The highest BCUT2D eigenvalue weighted by atomic mass is 32.1. The van der Waals surface area contributed by atoms with E-state index in [0.29, 0.717) is 6.04 Å². The maximum absolute atomic E-state index is 4.44. The first-order valence-corrected chi connectivity index (χ1v) is 9.47. The number of guanidine groups is 1. The number of nitrogens with one attached hydrogen (secondary N) is 2. The van der Waals surface area contributed by atoms with Crippen LogP contribution in [0.25, 0.3) is 0 Å². The second-order valence-corrected chi connectivity index (χ2v) is 7.35. The number of rotatable bonds is 6. The van der Waals surface area contributed by atoms with E-state index in [0.717, 1.165) is 29.9 Å². The lowest BCUT2D eigenvalue weighted by Crippen LogP contribution is -2.44. The smallest absolute Gasteiger partial charge is 0.191 e. The molecule has 124 valence electrons. The Balaban J connectivity index is 1.73. The third-order valence-electron chi connectivity index (χ3n) is 4.47. The molecule has 1 fully saturated rings. The Hall–Kier alpha value is -1.10. The Bertz CT molecular complexity index is 461. The number of aryl methyl sites for hydroxylation is 1. The van der Waals surface area contributed by atoms with Gasteiger partial charge in [0.1, 0.15) is 5.01 Å². The molecule has 4 nitrogen and oxygen atoms in total. The van der Waals surface area contributed by atoms with Crippen molar-refractivity contribution in [3.8, 4) is 0 Å². The predicted octanol–water partition coefficient (Wildman–Crippen LogP) is 3.73. The van der Waals surface area contributed by atoms with Crippen molar-refractivity contribution in [3.63, 3.8) is 0 Å². The lowest BCUT2D eigenvalue weighted by molar-refractivity contribution is 0.295. The summed E-state index contributed by atoms with van der Waals surface area (Å²) in [6.07, 6.45) is 11.0. The van der Waals surface area contributed by atoms with Gasteiger partial charge in [-0.3, -0.25) is 4.99 Å². The molecule has 0 aromatic carbocycles. The van der Waals surface area contributed by atoms with Crippen molar-refractivity contribution >= 4 is 17.3 Å². The molecule has 0 bridgehead atoms. The van der Waals surface area contributed by atoms with Crippen molar-refractivity contribution in [1.82, 2.24) is 15.6 Å². The van der Waals surface area contributed by atoms with E-state index in [1.54, 1.807) is 11.3 Å². The number of hydrogen-bond donors (Lipinski definition) is 2. The summed E-state index contributed by atoms with van der Waals surface area (Å²) in [5.41, 5.74) is 0. The van der Waals surface area contributed by atoms with Gasteiger partial charge in [0.15, 0.2) is 5.96 Å². The third-order valence-corrected chi connectivity index (χ3v) is 5.61. The molecular formula is C17H30N4S. The molecule has 2 rings (SSSR count). The van der Waals surface area contributed by atoms with Gasteiger partial charge in [-0.05, 0) is 38.0 Å². The Morgan fingerprint density at radius 1 is 1.32 bits per heavy atom. The molecule has 0 unspecified atom stereocenters. The largest absolute Gasteiger partial charge is 0.354 e. The van der Waals surface area contributed by atoms with E-state index < -0.39 is 0 Å². The second-order valence-electron chi connectivity index (χ2n) is 6.15. The van der Waals surface area contributed by atoms with Crippen LogP contribution in [-0.4, -0.2) is 24.0 Å². The first-order valence-electron chi connectivity index (χ1n) is 8.65. The quantitative estimate of drug-likeness (QED) is 0.620. The fraction of sp³-hybridized carbons (Fsp3) is 0.765. The average molecular weight is 323 g/mol. The summed E-state index contributed by atoms with van der Waals surface area (Å²) >= 11 is 1.78. The number of hydrogen-bond acceptors (Lipinski definition) is 3. The van der Waals surface area contributed by atoms with Crippen molar-refractivity contribution in [2.45, 2.75) is 71.4 Å². The van der Waals surface area contributed by atoms with Crippen molar-refractivity contribution in [1.29, 1.82) is 0 Å². The van der Waals surface area contributed by atoms with Crippen molar-refractivity contribution in [2.75, 3.05) is 7.05 Å². The highest BCUT2D eigenvalue weighted by Crippen LogP contribution is 2.27. The highest BCUT2D eigenvalue weighted by Gasteiger charge is 2.21. The molecule has 0 amide bonds. The number of aliphatic imine (C=N–C) groups is 1. The zero-order valence-electron chi connectivity index (χ0n) is 14.2. The molecule has 0 spiro atoms. The van der Waals surface area contributed by atoms with E-state index in [4.69, 9.17) is 0 Å². The van der Waals surface area contributed by atoms with E-state index in [1.165, 1.54) is 43.4 Å². The summed E-state index contributed by atoms with van der Waals surface area (Å²) in [6.45, 7) is 5.22. The second kappa shape index (κ2) is 9.13. The maximum Gasteiger partial charge on any atom is 0.191 e. The molecule has 1 saturated carbocycles. The van der Waals surface area contributed by atoms with Crippen molar-refractivity contribution in [3.05, 3.63) is 16.1 Å². The summed E-state index contributed by atoms with van der Waals surface area (Å²) in [7, 11) is 1.84. The molecule has 2 N–H and O–H groups in total. The Kier molecular flexibility index (Phi) is 7.16. The van der Waals surface area contributed by atoms with Gasteiger partial charge in [0.25, 0.3) is 0 Å². The van der Waals surface area contributed by atoms with Gasteiger partial charge >= 0.3 is 0 Å². The van der Waals surface area contributed by atoms with E-state index in [9.17, 15) is 0 Å². The van der Waals surface area contributed by atoms with Crippen LogP contribution in [0.5, 0.6) is 0 Å². The van der Waals surface area contributed by atoms with Gasteiger partial charge in [0, 0.05) is 24.2 Å². The molecule has 0 aliphatic heterocycles. The molecule has 5 heteroatoms. The minimum Gasteiger partial charge on any atom is -0.354 e. The van der Waals surface area contributed by atoms with Crippen LogP contribution in [-0.2, 0) is 13.0 Å². The summed E-state index contributed by atoms with van der Waals surface area (Å²) in [5.74, 6) is 1.85. The van der Waals surface area contributed by atoms with Gasteiger partial charge < -0.3 is 10.6 Å². The SMILES string of the molecule is CCCC1CCC(NC(=NC)NCc2ncc(CC)s2)CC1. The van der Waals surface area contributed by atoms with Crippen LogP contribution in [0, 0.1) is 5.92 Å². The summed E-state index contributed by atoms with van der Waals surface area (Å²) in [4.78, 5) is 10.1. The average Bonchev–Trinajstić information content (AvgIpc) is 3.01. The molecule has 1 aromatic heterocycles. The molecule has 0 atom stereocenters. The van der Waals surface area contributed by atoms with Crippen LogP contribution in [0.3, 0.4) is 0 Å². The molecule has 22 heavy (non-hydrogen) atoms. The van der Waals surface area contributed by atoms with E-state index in [2.05, 4.69) is 34.5 Å². The normalized spacial score (nSPS) is 22.6. The van der Waals surface area contributed by atoms with Crippen molar-refractivity contribution in [2.24, 2.45) is 10.9 Å². The topological polar surface area (TPSA) is 49.3 Å². The van der Waals surface area contributed by atoms with Gasteiger partial charge in [-0.1, -0.05) is 26.7 Å². The van der Waals surface area contributed by atoms with Gasteiger partial charge in [0.2, 0.25) is 0 Å². The lowest BCUT2D eigenvalue weighted by Gasteiger charge is -2.30. The van der Waals surface area contributed by atoms with Crippen LogP contribution in [0.2, 0.25) is 0 Å². The fourth-order valence-corrected chi connectivity index (χ4v) is 3.95. The van der Waals surface area contributed by atoms with Gasteiger partial charge in [-0.25, -0.2) is 4.98 Å². The maximum atomic E-state index is 4.44. The van der Waals surface area contributed by atoms with E-state index >= 15 is 0 Å². The fourth-order valence-electron chi connectivity index (χ4n) is 3.14.